The predicted octanol–water partition coefficient (Wildman–Crippen LogP) is 17.1. The second-order valence-corrected chi connectivity index (χ2v) is 19.6. The minimum absolute atomic E-state index is 0.00952. The Kier molecular flexibility index (Phi) is 51.5. The molecule has 0 aromatic heterocycles. The Labute approximate surface area is 387 Å². The van der Waals surface area contributed by atoms with Crippen LogP contribution in [0.25, 0.3) is 0 Å². The van der Waals surface area contributed by atoms with Crippen LogP contribution in [0.4, 0.5) is 0 Å². The van der Waals surface area contributed by atoms with E-state index in [0.29, 0.717) is 25.9 Å². The average Bonchev–Trinajstić information content (AvgIpc) is 3.27. The molecule has 3 N–H and O–H groups in total. The summed E-state index contributed by atoms with van der Waals surface area (Å²) >= 11 is 0. The Morgan fingerprint density at radius 1 is 0.387 bits per heavy atom. The van der Waals surface area contributed by atoms with Gasteiger partial charge in [-0.05, 0) is 25.7 Å². The Morgan fingerprint density at radius 3 is 0.984 bits per heavy atom. The van der Waals surface area contributed by atoms with Crippen molar-refractivity contribution in [2.24, 2.45) is 0 Å². The van der Waals surface area contributed by atoms with Crippen LogP contribution in [0, 0.1) is 0 Å². The first-order valence-electron chi connectivity index (χ1n) is 28.3. The molecule has 0 fully saturated rings. The third kappa shape index (κ3) is 48.3. The SMILES string of the molecule is CCCCCCCCCCCCCCCCCCC(=O)OCCCCCCCCCCCCCCCCCCCC(=O)NC(CO)C(O)CCCCCCCCCCCCCC. The monoisotopic (exact) mass is 878 g/mol. The van der Waals surface area contributed by atoms with Gasteiger partial charge in [0.15, 0.2) is 0 Å². The van der Waals surface area contributed by atoms with E-state index in [9.17, 15) is 19.8 Å². The van der Waals surface area contributed by atoms with Gasteiger partial charge in [-0.2, -0.15) is 0 Å². The minimum Gasteiger partial charge on any atom is -0.466 e. The molecule has 6 nitrogen and oxygen atoms in total. The smallest absolute Gasteiger partial charge is 0.305 e. The lowest BCUT2D eigenvalue weighted by Gasteiger charge is -2.22. The molecule has 0 aromatic rings. The first-order valence-corrected chi connectivity index (χ1v) is 28.3. The van der Waals surface area contributed by atoms with E-state index in [2.05, 4.69) is 19.2 Å². The highest BCUT2D eigenvalue weighted by Crippen LogP contribution is 2.18. The van der Waals surface area contributed by atoms with Gasteiger partial charge < -0.3 is 20.3 Å². The number of carbonyl (C=O) groups is 2. The zero-order valence-corrected chi connectivity index (χ0v) is 42.1. The summed E-state index contributed by atoms with van der Waals surface area (Å²) < 4.78 is 5.48. The highest BCUT2D eigenvalue weighted by molar-refractivity contribution is 5.76. The van der Waals surface area contributed by atoms with Gasteiger partial charge in [0.1, 0.15) is 0 Å². The van der Waals surface area contributed by atoms with E-state index in [1.165, 1.54) is 250 Å². The van der Waals surface area contributed by atoms with Gasteiger partial charge in [0.05, 0.1) is 25.4 Å². The molecular weight excluding hydrogens is 767 g/mol. The van der Waals surface area contributed by atoms with Crippen molar-refractivity contribution in [1.82, 2.24) is 5.32 Å². The Morgan fingerprint density at radius 2 is 0.661 bits per heavy atom. The van der Waals surface area contributed by atoms with Gasteiger partial charge >= 0.3 is 5.97 Å². The highest BCUT2D eigenvalue weighted by Gasteiger charge is 2.20. The number of carbonyl (C=O) groups excluding carboxylic acids is 2. The fourth-order valence-corrected chi connectivity index (χ4v) is 9.05. The molecule has 370 valence electrons. The number of ether oxygens (including phenoxy) is 1. The molecule has 0 saturated heterocycles. The molecule has 0 rings (SSSR count). The van der Waals surface area contributed by atoms with E-state index in [1.807, 2.05) is 0 Å². The van der Waals surface area contributed by atoms with Crippen LogP contribution >= 0.6 is 0 Å². The van der Waals surface area contributed by atoms with E-state index < -0.39 is 12.1 Å². The lowest BCUT2D eigenvalue weighted by molar-refractivity contribution is -0.143. The van der Waals surface area contributed by atoms with E-state index in [0.717, 1.165) is 38.5 Å². The molecule has 0 aromatic carbocycles. The average molecular weight is 879 g/mol. The number of unbranched alkanes of at least 4 members (excludes halogenated alkanes) is 42. The standard InChI is InChI=1S/C56H111NO5/c1-3-5-7-9-11-13-15-17-18-23-26-30-34-38-42-46-50-56(61)62-51-47-43-39-35-31-27-24-21-19-20-22-25-29-33-37-41-45-49-55(60)57-53(52-58)54(59)48-44-40-36-32-28-16-14-12-10-8-6-4-2/h53-54,58-59H,3-52H2,1-2H3,(H,57,60). The van der Waals surface area contributed by atoms with Gasteiger partial charge in [-0.15, -0.1) is 0 Å². The Hall–Kier alpha value is -1.14. The first-order chi connectivity index (χ1) is 30.5. The van der Waals surface area contributed by atoms with Crippen LogP contribution in [0.3, 0.4) is 0 Å². The summed E-state index contributed by atoms with van der Waals surface area (Å²) in [7, 11) is 0. The van der Waals surface area contributed by atoms with Crippen LogP contribution in [-0.4, -0.2) is 47.4 Å². The number of hydrogen-bond acceptors (Lipinski definition) is 5. The van der Waals surface area contributed by atoms with Gasteiger partial charge in [-0.3, -0.25) is 9.59 Å². The second kappa shape index (κ2) is 52.5. The lowest BCUT2D eigenvalue weighted by Crippen LogP contribution is -2.45. The number of aliphatic hydroxyl groups is 2. The van der Waals surface area contributed by atoms with Crippen molar-refractivity contribution in [3.05, 3.63) is 0 Å². The quantitative estimate of drug-likeness (QED) is 0.0418. The molecule has 6 heteroatoms. The fourth-order valence-electron chi connectivity index (χ4n) is 9.05. The van der Waals surface area contributed by atoms with Crippen LogP contribution in [0.2, 0.25) is 0 Å². The number of rotatable bonds is 53. The molecule has 0 spiro atoms. The van der Waals surface area contributed by atoms with E-state index in [4.69, 9.17) is 4.74 Å². The summed E-state index contributed by atoms with van der Waals surface area (Å²) in [5.41, 5.74) is 0. The van der Waals surface area contributed by atoms with Gasteiger partial charge in [-0.1, -0.05) is 284 Å². The third-order valence-electron chi connectivity index (χ3n) is 13.4. The Balaban J connectivity index is 3.37. The van der Waals surface area contributed by atoms with Crippen molar-refractivity contribution in [2.75, 3.05) is 13.2 Å². The summed E-state index contributed by atoms with van der Waals surface area (Å²) in [6.45, 7) is 4.96. The molecule has 0 aliphatic carbocycles. The first kappa shape index (κ1) is 60.9. The van der Waals surface area contributed by atoms with Crippen molar-refractivity contribution in [2.45, 2.75) is 334 Å². The third-order valence-corrected chi connectivity index (χ3v) is 13.4. The van der Waals surface area contributed by atoms with E-state index in [-0.39, 0.29) is 18.5 Å². The molecule has 0 heterocycles. The molecular formula is C56H111NO5. The molecule has 0 bridgehead atoms. The topological polar surface area (TPSA) is 95.9 Å². The highest BCUT2D eigenvalue weighted by atomic mass is 16.5. The van der Waals surface area contributed by atoms with E-state index >= 15 is 0 Å². The van der Waals surface area contributed by atoms with E-state index in [1.54, 1.807) is 0 Å². The molecule has 1 amide bonds. The van der Waals surface area contributed by atoms with Crippen molar-refractivity contribution in [1.29, 1.82) is 0 Å². The van der Waals surface area contributed by atoms with Crippen LogP contribution in [0.5, 0.6) is 0 Å². The zero-order chi connectivity index (χ0) is 45.1. The molecule has 2 unspecified atom stereocenters. The minimum atomic E-state index is -0.665. The predicted molar refractivity (Wildman–Crippen MR) is 269 cm³/mol. The molecule has 62 heavy (non-hydrogen) atoms. The van der Waals surface area contributed by atoms with Crippen LogP contribution in [0.1, 0.15) is 322 Å². The fraction of sp³-hybridized carbons (Fsp3) is 0.964. The van der Waals surface area contributed by atoms with Crippen LogP contribution in [-0.2, 0) is 14.3 Å². The maximum absolute atomic E-state index is 12.4. The number of aliphatic hydroxyl groups excluding tert-OH is 2. The normalized spacial score (nSPS) is 12.5. The molecule has 0 saturated carbocycles. The summed E-state index contributed by atoms with van der Waals surface area (Å²) in [4.78, 5) is 24.5. The van der Waals surface area contributed by atoms with Gasteiger partial charge in [0.25, 0.3) is 0 Å². The van der Waals surface area contributed by atoms with Gasteiger partial charge in [-0.25, -0.2) is 0 Å². The van der Waals surface area contributed by atoms with Crippen molar-refractivity contribution < 1.29 is 24.5 Å². The van der Waals surface area contributed by atoms with Crippen molar-refractivity contribution in [3.8, 4) is 0 Å². The maximum Gasteiger partial charge on any atom is 0.305 e. The number of esters is 1. The number of amides is 1. The van der Waals surface area contributed by atoms with Gasteiger partial charge in [0.2, 0.25) is 5.91 Å². The summed E-state index contributed by atoms with van der Waals surface area (Å²) in [5.74, 6) is -0.0294. The molecule has 0 radical (unpaired) electrons. The van der Waals surface area contributed by atoms with Crippen LogP contribution < -0.4 is 5.32 Å². The van der Waals surface area contributed by atoms with Crippen molar-refractivity contribution in [3.63, 3.8) is 0 Å². The van der Waals surface area contributed by atoms with Gasteiger partial charge in [0, 0.05) is 12.8 Å². The number of hydrogen-bond donors (Lipinski definition) is 3. The molecule has 0 aliphatic rings. The Bertz CT molecular complexity index is 882. The number of nitrogens with one attached hydrogen (secondary N) is 1. The lowest BCUT2D eigenvalue weighted by atomic mass is 10.0. The zero-order valence-electron chi connectivity index (χ0n) is 42.1. The summed E-state index contributed by atoms with van der Waals surface area (Å²) in [6.07, 6.45) is 59.4. The summed E-state index contributed by atoms with van der Waals surface area (Å²) in [6, 6.07) is -0.543. The van der Waals surface area contributed by atoms with Crippen LogP contribution in [0.15, 0.2) is 0 Å². The second-order valence-electron chi connectivity index (χ2n) is 19.6. The van der Waals surface area contributed by atoms with Crippen molar-refractivity contribution >= 4 is 11.9 Å². The maximum atomic E-state index is 12.4. The molecule has 2 atom stereocenters. The molecule has 0 aliphatic heterocycles. The summed E-state index contributed by atoms with van der Waals surface area (Å²) in [5, 5.41) is 23.2. The largest absolute Gasteiger partial charge is 0.466 e.